The van der Waals surface area contributed by atoms with Gasteiger partial charge in [0.25, 0.3) is 0 Å². The SMILES string of the molecule is CC(CCl)S(=O)(=O)N(C)C1CCS(=O)(=O)C1. The Labute approximate surface area is 102 Å². The monoisotopic (exact) mass is 289 g/mol. The summed E-state index contributed by atoms with van der Waals surface area (Å²) in [5, 5.41) is -0.692. The molecule has 5 nitrogen and oxygen atoms in total. The molecule has 1 aliphatic rings. The molecule has 0 spiro atoms. The van der Waals surface area contributed by atoms with Crippen molar-refractivity contribution < 1.29 is 16.8 Å². The normalized spacial score (nSPS) is 27.1. The molecule has 16 heavy (non-hydrogen) atoms. The number of alkyl halides is 1. The molecule has 0 aliphatic carbocycles. The summed E-state index contributed by atoms with van der Waals surface area (Å²) in [6, 6.07) is -0.444. The third kappa shape index (κ3) is 2.88. The first kappa shape index (κ1) is 14.2. The number of rotatable bonds is 4. The zero-order valence-electron chi connectivity index (χ0n) is 9.26. The largest absolute Gasteiger partial charge is 0.229 e. The quantitative estimate of drug-likeness (QED) is 0.686. The van der Waals surface area contributed by atoms with Gasteiger partial charge in [-0.05, 0) is 13.3 Å². The Morgan fingerprint density at radius 3 is 2.44 bits per heavy atom. The molecule has 1 aliphatic heterocycles. The summed E-state index contributed by atoms with van der Waals surface area (Å²) in [5.74, 6) is -0.0172. The Kier molecular flexibility index (Phi) is 4.26. The van der Waals surface area contributed by atoms with Crippen molar-refractivity contribution in [3.63, 3.8) is 0 Å². The van der Waals surface area contributed by atoms with Gasteiger partial charge in [0.15, 0.2) is 9.84 Å². The van der Waals surface area contributed by atoms with E-state index in [2.05, 4.69) is 0 Å². The third-order valence-corrected chi connectivity index (χ3v) is 7.53. The average Bonchev–Trinajstić information content (AvgIpc) is 2.56. The standard InChI is InChI=1S/C8H16ClNO4S2/c1-7(5-9)16(13,14)10(2)8-3-4-15(11,12)6-8/h7-8H,3-6H2,1-2H3. The second kappa shape index (κ2) is 4.80. The van der Waals surface area contributed by atoms with Crippen LogP contribution in [-0.4, -0.2) is 56.9 Å². The number of hydrogen-bond acceptors (Lipinski definition) is 4. The third-order valence-electron chi connectivity index (χ3n) is 2.85. The van der Waals surface area contributed by atoms with Crippen LogP contribution in [0.5, 0.6) is 0 Å². The molecule has 1 saturated heterocycles. The van der Waals surface area contributed by atoms with Crippen molar-refractivity contribution in [1.29, 1.82) is 0 Å². The summed E-state index contributed by atoms with van der Waals surface area (Å²) >= 11 is 5.52. The van der Waals surface area contributed by atoms with E-state index in [0.717, 1.165) is 4.31 Å². The molecule has 0 N–H and O–H groups in total. The van der Waals surface area contributed by atoms with Crippen LogP contribution in [0.4, 0.5) is 0 Å². The van der Waals surface area contributed by atoms with Crippen molar-refractivity contribution in [2.24, 2.45) is 0 Å². The molecule has 2 unspecified atom stereocenters. The highest BCUT2D eigenvalue weighted by molar-refractivity contribution is 7.92. The van der Waals surface area contributed by atoms with Crippen LogP contribution in [0.25, 0.3) is 0 Å². The first-order valence-corrected chi connectivity index (χ1v) is 8.80. The number of sulfonamides is 1. The molecule has 0 aromatic carbocycles. The molecule has 1 rings (SSSR count). The van der Waals surface area contributed by atoms with Crippen LogP contribution in [0.1, 0.15) is 13.3 Å². The number of halogens is 1. The van der Waals surface area contributed by atoms with E-state index in [1.165, 1.54) is 14.0 Å². The Balaban J connectivity index is 2.84. The molecule has 1 fully saturated rings. The highest BCUT2D eigenvalue weighted by Crippen LogP contribution is 2.21. The Morgan fingerprint density at radius 2 is 2.06 bits per heavy atom. The lowest BCUT2D eigenvalue weighted by Gasteiger charge is -2.25. The summed E-state index contributed by atoms with van der Waals surface area (Å²) in [6.07, 6.45) is 0.368. The molecule has 1 heterocycles. The van der Waals surface area contributed by atoms with Gasteiger partial charge in [-0.25, -0.2) is 21.1 Å². The predicted molar refractivity (Wildman–Crippen MR) is 63.9 cm³/mol. The maximum absolute atomic E-state index is 11.9. The van der Waals surface area contributed by atoms with Gasteiger partial charge in [0.1, 0.15) is 0 Å². The van der Waals surface area contributed by atoms with Crippen LogP contribution in [0, 0.1) is 0 Å². The second-order valence-corrected chi connectivity index (χ2v) is 9.03. The molecule has 0 aromatic heterocycles. The van der Waals surface area contributed by atoms with E-state index < -0.39 is 31.2 Å². The summed E-state index contributed by atoms with van der Waals surface area (Å²) in [5.41, 5.74) is 0. The van der Waals surface area contributed by atoms with Crippen molar-refractivity contribution in [2.75, 3.05) is 24.4 Å². The highest BCUT2D eigenvalue weighted by atomic mass is 35.5. The van der Waals surface area contributed by atoms with Crippen LogP contribution in [-0.2, 0) is 19.9 Å². The van der Waals surface area contributed by atoms with Gasteiger partial charge in [-0.1, -0.05) is 0 Å². The van der Waals surface area contributed by atoms with Gasteiger partial charge in [-0.3, -0.25) is 0 Å². The number of hydrogen-bond donors (Lipinski definition) is 0. The van der Waals surface area contributed by atoms with Gasteiger partial charge < -0.3 is 0 Å². The Morgan fingerprint density at radius 1 is 1.50 bits per heavy atom. The maximum atomic E-state index is 11.9. The fourth-order valence-corrected chi connectivity index (χ4v) is 5.30. The van der Waals surface area contributed by atoms with Gasteiger partial charge in [-0.15, -0.1) is 11.6 Å². The van der Waals surface area contributed by atoms with Gasteiger partial charge in [0, 0.05) is 19.0 Å². The van der Waals surface area contributed by atoms with Crippen LogP contribution >= 0.6 is 11.6 Å². The summed E-state index contributed by atoms with van der Waals surface area (Å²) < 4.78 is 47.5. The minimum Gasteiger partial charge on any atom is -0.229 e. The minimum absolute atomic E-state index is 0.00609. The second-order valence-electron chi connectivity index (χ2n) is 4.08. The van der Waals surface area contributed by atoms with E-state index in [-0.39, 0.29) is 17.4 Å². The molecule has 96 valence electrons. The minimum atomic E-state index is -3.49. The zero-order valence-corrected chi connectivity index (χ0v) is 11.6. The van der Waals surface area contributed by atoms with Crippen LogP contribution in [0.2, 0.25) is 0 Å². The van der Waals surface area contributed by atoms with Crippen molar-refractivity contribution in [3.8, 4) is 0 Å². The molecule has 0 aromatic rings. The molecule has 2 atom stereocenters. The lowest BCUT2D eigenvalue weighted by atomic mass is 10.3. The average molecular weight is 290 g/mol. The summed E-state index contributed by atoms with van der Waals surface area (Å²) in [6.45, 7) is 1.52. The van der Waals surface area contributed by atoms with Crippen molar-refractivity contribution >= 4 is 31.5 Å². The van der Waals surface area contributed by atoms with Crippen LogP contribution in [0.15, 0.2) is 0 Å². The van der Waals surface area contributed by atoms with E-state index >= 15 is 0 Å². The lowest BCUT2D eigenvalue weighted by Crippen LogP contribution is -2.42. The fourth-order valence-electron chi connectivity index (χ4n) is 1.63. The molecule has 8 heteroatoms. The van der Waals surface area contributed by atoms with E-state index in [1.807, 2.05) is 0 Å². The van der Waals surface area contributed by atoms with Gasteiger partial charge >= 0.3 is 0 Å². The molecule has 0 bridgehead atoms. The van der Waals surface area contributed by atoms with Crippen molar-refractivity contribution in [2.45, 2.75) is 24.6 Å². The smallest absolute Gasteiger partial charge is 0.217 e. The first-order valence-electron chi connectivity index (χ1n) is 4.94. The summed E-state index contributed by atoms with van der Waals surface area (Å²) in [4.78, 5) is 0. The van der Waals surface area contributed by atoms with Crippen molar-refractivity contribution in [1.82, 2.24) is 4.31 Å². The van der Waals surface area contributed by atoms with Crippen LogP contribution < -0.4 is 0 Å². The van der Waals surface area contributed by atoms with Crippen molar-refractivity contribution in [3.05, 3.63) is 0 Å². The van der Waals surface area contributed by atoms with Gasteiger partial charge in [-0.2, -0.15) is 0 Å². The topological polar surface area (TPSA) is 71.5 Å². The van der Waals surface area contributed by atoms with E-state index in [0.29, 0.717) is 6.42 Å². The Bertz CT molecular complexity index is 445. The molecule has 0 radical (unpaired) electrons. The maximum Gasteiger partial charge on any atom is 0.217 e. The number of sulfone groups is 1. The molecular formula is C8H16ClNO4S2. The fraction of sp³-hybridized carbons (Fsp3) is 1.00. The van der Waals surface area contributed by atoms with E-state index in [9.17, 15) is 16.8 Å². The Hall–Kier alpha value is 0.150. The lowest BCUT2D eigenvalue weighted by molar-refractivity contribution is 0.390. The summed E-state index contributed by atoms with van der Waals surface area (Å²) in [7, 11) is -5.14. The van der Waals surface area contributed by atoms with E-state index in [1.54, 1.807) is 0 Å². The number of nitrogens with zero attached hydrogens (tertiary/aromatic N) is 1. The van der Waals surface area contributed by atoms with Gasteiger partial charge in [0.2, 0.25) is 10.0 Å². The molecule has 0 saturated carbocycles. The zero-order chi connectivity index (χ0) is 12.6. The predicted octanol–water partition coefficient (Wildman–Crippen LogP) is 0.0624. The van der Waals surface area contributed by atoms with Crippen LogP contribution in [0.3, 0.4) is 0 Å². The van der Waals surface area contributed by atoms with E-state index in [4.69, 9.17) is 11.6 Å². The van der Waals surface area contributed by atoms with Gasteiger partial charge in [0.05, 0.1) is 16.8 Å². The highest BCUT2D eigenvalue weighted by Gasteiger charge is 2.37. The molecular weight excluding hydrogens is 274 g/mol. The first-order chi connectivity index (χ1) is 7.20. The molecule has 0 amide bonds.